The molecule has 1 aromatic heterocycles. The summed E-state index contributed by atoms with van der Waals surface area (Å²) in [6.45, 7) is 6.66. The van der Waals surface area contributed by atoms with E-state index in [0.717, 1.165) is 25.7 Å². The first-order chi connectivity index (χ1) is 17.8. The van der Waals surface area contributed by atoms with Gasteiger partial charge in [-0.25, -0.2) is 9.37 Å². The van der Waals surface area contributed by atoms with E-state index in [1.54, 1.807) is 9.80 Å². The van der Waals surface area contributed by atoms with Gasteiger partial charge in [0.1, 0.15) is 40.3 Å². The molecular formula is C27H30ClFN4O4. The van der Waals surface area contributed by atoms with Crippen LogP contribution in [0.4, 0.5) is 10.2 Å². The van der Waals surface area contributed by atoms with Gasteiger partial charge in [-0.3, -0.25) is 9.59 Å². The van der Waals surface area contributed by atoms with Gasteiger partial charge in [0.15, 0.2) is 5.75 Å². The number of fused-ring (bicyclic) bond motifs is 2. The largest absolute Gasteiger partial charge is 0.507 e. The minimum Gasteiger partial charge on any atom is -0.507 e. The predicted molar refractivity (Wildman–Crippen MR) is 138 cm³/mol. The van der Waals surface area contributed by atoms with Gasteiger partial charge < -0.3 is 25.0 Å². The fourth-order valence-corrected chi connectivity index (χ4v) is 5.89. The zero-order valence-corrected chi connectivity index (χ0v) is 21.4. The quantitative estimate of drug-likeness (QED) is 0.556. The van der Waals surface area contributed by atoms with Crippen LogP contribution in [-0.4, -0.2) is 70.0 Å². The van der Waals surface area contributed by atoms with Crippen LogP contribution >= 0.6 is 11.6 Å². The minimum absolute atomic E-state index is 0.00347. The summed E-state index contributed by atoms with van der Waals surface area (Å²) in [6.07, 6.45) is 5.68. The van der Waals surface area contributed by atoms with Crippen molar-refractivity contribution in [3.63, 3.8) is 0 Å². The number of benzene rings is 1. The molecule has 1 aliphatic carbocycles. The van der Waals surface area contributed by atoms with E-state index < -0.39 is 11.9 Å². The number of anilines is 1. The molecule has 0 bridgehead atoms. The number of aromatic hydroxyl groups is 1. The molecule has 0 radical (unpaired) electrons. The predicted octanol–water partition coefficient (Wildman–Crippen LogP) is 4.47. The molecular weight excluding hydrogens is 499 g/mol. The van der Waals surface area contributed by atoms with Gasteiger partial charge in [0.2, 0.25) is 5.91 Å². The lowest BCUT2D eigenvalue weighted by Crippen LogP contribution is -2.57. The normalized spacial score (nSPS) is 20.5. The van der Waals surface area contributed by atoms with Gasteiger partial charge >= 0.3 is 0 Å². The number of nitrogens with one attached hydrogen (secondary N) is 1. The van der Waals surface area contributed by atoms with E-state index in [1.165, 1.54) is 24.3 Å². The first-order valence-corrected chi connectivity index (χ1v) is 13.0. The molecule has 1 saturated carbocycles. The molecule has 37 heavy (non-hydrogen) atoms. The van der Waals surface area contributed by atoms with Crippen LogP contribution in [0, 0.1) is 11.7 Å². The molecule has 0 spiro atoms. The van der Waals surface area contributed by atoms with Crippen LogP contribution in [0.1, 0.15) is 43.0 Å². The Kier molecular flexibility index (Phi) is 6.98. The Morgan fingerprint density at radius 2 is 2.08 bits per heavy atom. The zero-order valence-electron chi connectivity index (χ0n) is 20.7. The minimum atomic E-state index is -0.694. The molecule has 8 nitrogen and oxygen atoms in total. The molecule has 0 unspecified atom stereocenters. The highest BCUT2D eigenvalue weighted by molar-refractivity contribution is 6.35. The summed E-state index contributed by atoms with van der Waals surface area (Å²) in [4.78, 5) is 34.1. The van der Waals surface area contributed by atoms with Crippen LogP contribution in [0.5, 0.6) is 11.5 Å². The van der Waals surface area contributed by atoms with E-state index in [4.69, 9.17) is 16.3 Å². The number of pyridine rings is 1. The van der Waals surface area contributed by atoms with E-state index in [1.807, 2.05) is 6.92 Å². The highest BCUT2D eigenvalue weighted by atomic mass is 35.5. The highest BCUT2D eigenvalue weighted by Gasteiger charge is 2.40. The Balaban J connectivity index is 1.61. The number of rotatable bonds is 5. The maximum atomic E-state index is 14.9. The van der Waals surface area contributed by atoms with E-state index in [0.29, 0.717) is 19.0 Å². The van der Waals surface area contributed by atoms with Gasteiger partial charge in [-0.2, -0.15) is 0 Å². The van der Waals surface area contributed by atoms with Crippen LogP contribution in [0.2, 0.25) is 5.02 Å². The maximum Gasteiger partial charge on any atom is 0.261 e. The molecule has 10 heteroatoms. The molecule has 1 saturated heterocycles. The molecule has 1 aromatic carbocycles. The van der Waals surface area contributed by atoms with E-state index >= 15 is 0 Å². The SMILES string of the molecule is C=CC(=O)N1CCN2C(=O)c3c(N[C@H](C)C4CCCC4)nc(-c4c(O)cccc4F)c(Cl)c3OC[C@H]2C1. The lowest BCUT2D eigenvalue weighted by atomic mass is 9.99. The average Bonchev–Trinajstić information content (AvgIpc) is 3.39. The van der Waals surface area contributed by atoms with Gasteiger partial charge in [0.25, 0.3) is 5.91 Å². The van der Waals surface area contributed by atoms with Crippen molar-refractivity contribution in [3.8, 4) is 22.8 Å². The van der Waals surface area contributed by atoms with Crippen LogP contribution in [0.25, 0.3) is 11.3 Å². The van der Waals surface area contributed by atoms with E-state index in [9.17, 15) is 19.1 Å². The molecule has 2 fully saturated rings. The average molecular weight is 529 g/mol. The number of ether oxygens (including phenoxy) is 1. The topological polar surface area (TPSA) is 95.0 Å². The lowest BCUT2D eigenvalue weighted by molar-refractivity contribution is -0.128. The van der Waals surface area contributed by atoms with Crippen LogP contribution in [-0.2, 0) is 4.79 Å². The van der Waals surface area contributed by atoms with Crippen molar-refractivity contribution in [2.45, 2.75) is 44.7 Å². The first kappa shape index (κ1) is 25.3. The Bertz CT molecular complexity index is 1230. The summed E-state index contributed by atoms with van der Waals surface area (Å²) in [6, 6.07) is 3.55. The molecule has 3 aliphatic rings. The number of nitrogens with zero attached hydrogens (tertiary/aromatic N) is 3. The first-order valence-electron chi connectivity index (χ1n) is 12.6. The lowest BCUT2D eigenvalue weighted by Gasteiger charge is -2.39. The van der Waals surface area contributed by atoms with Gasteiger partial charge in [0.05, 0.1) is 11.6 Å². The van der Waals surface area contributed by atoms with Crippen molar-refractivity contribution >= 4 is 29.2 Å². The van der Waals surface area contributed by atoms with Gasteiger partial charge in [-0.15, -0.1) is 0 Å². The molecule has 3 heterocycles. The number of phenolic OH excluding ortho intramolecular Hbond substituents is 1. The van der Waals surface area contributed by atoms with Gasteiger partial charge in [0, 0.05) is 25.7 Å². The molecule has 2 amide bonds. The van der Waals surface area contributed by atoms with E-state index in [-0.39, 0.29) is 70.2 Å². The zero-order chi connectivity index (χ0) is 26.3. The summed E-state index contributed by atoms with van der Waals surface area (Å²) < 4.78 is 21.0. The van der Waals surface area contributed by atoms with Crippen LogP contribution < -0.4 is 10.1 Å². The fraction of sp³-hybridized carbons (Fsp3) is 0.444. The number of amides is 2. The Morgan fingerprint density at radius 3 is 2.78 bits per heavy atom. The molecule has 2 N–H and O–H groups in total. The third-order valence-electron chi connectivity index (χ3n) is 7.66. The van der Waals surface area contributed by atoms with Gasteiger partial charge in [-0.1, -0.05) is 37.1 Å². The van der Waals surface area contributed by atoms with Crippen molar-refractivity contribution in [2.24, 2.45) is 5.92 Å². The highest BCUT2D eigenvalue weighted by Crippen LogP contribution is 2.45. The van der Waals surface area contributed by atoms with Crippen molar-refractivity contribution in [3.05, 3.63) is 47.3 Å². The number of phenols is 1. The number of hydrogen-bond acceptors (Lipinski definition) is 6. The molecule has 196 valence electrons. The van der Waals surface area contributed by atoms with Crippen molar-refractivity contribution in [1.82, 2.24) is 14.8 Å². The maximum absolute atomic E-state index is 14.9. The summed E-state index contributed by atoms with van der Waals surface area (Å²) in [5.41, 5.74) is 0.0151. The number of carbonyl (C=O) groups excluding carboxylic acids is 2. The summed E-state index contributed by atoms with van der Waals surface area (Å²) >= 11 is 6.74. The van der Waals surface area contributed by atoms with Crippen molar-refractivity contribution in [1.29, 1.82) is 0 Å². The fourth-order valence-electron chi connectivity index (χ4n) is 5.60. The molecule has 2 aromatic rings. The van der Waals surface area contributed by atoms with E-state index in [2.05, 4.69) is 16.9 Å². The second-order valence-electron chi connectivity index (χ2n) is 9.89. The number of hydrogen-bond donors (Lipinski definition) is 2. The van der Waals surface area contributed by atoms with Crippen LogP contribution in [0.3, 0.4) is 0 Å². The van der Waals surface area contributed by atoms with Crippen molar-refractivity contribution in [2.75, 3.05) is 31.6 Å². The third-order valence-corrected chi connectivity index (χ3v) is 8.01. The van der Waals surface area contributed by atoms with Crippen LogP contribution in [0.15, 0.2) is 30.9 Å². The number of halogens is 2. The third kappa shape index (κ3) is 4.61. The second-order valence-corrected chi connectivity index (χ2v) is 10.3. The smallest absolute Gasteiger partial charge is 0.261 e. The number of piperazine rings is 1. The molecule has 2 atom stereocenters. The summed E-state index contributed by atoms with van der Waals surface area (Å²) in [5, 5.41) is 13.8. The second kappa shape index (κ2) is 10.2. The number of carbonyl (C=O) groups is 2. The summed E-state index contributed by atoms with van der Waals surface area (Å²) in [5.74, 6) is -0.800. The Morgan fingerprint density at radius 1 is 1.32 bits per heavy atom. The monoisotopic (exact) mass is 528 g/mol. The molecule has 2 aliphatic heterocycles. The Labute approximate surface area is 220 Å². The van der Waals surface area contributed by atoms with Gasteiger partial charge in [-0.05, 0) is 43.9 Å². The Hall–Kier alpha value is -3.33. The van der Waals surface area contributed by atoms with Crippen molar-refractivity contribution < 1.29 is 23.8 Å². The molecule has 5 rings (SSSR count). The number of aromatic nitrogens is 1. The summed E-state index contributed by atoms with van der Waals surface area (Å²) in [7, 11) is 0. The standard InChI is InChI=1S/C27H30ClFN4O4/c1-3-20(35)32-11-12-33-17(13-32)14-37-25-22(27(33)36)26(30-15(2)16-7-4-5-8-16)31-24(23(25)28)21-18(29)9-6-10-19(21)34/h3,6,9-10,15-17,34H,1,4-5,7-8,11-14H2,2H3,(H,30,31)/t15-,17-/m1/s1.